The number of ether oxygens (including phenoxy) is 2. The van der Waals surface area contributed by atoms with Crippen LogP contribution >= 0.6 is 0 Å². The van der Waals surface area contributed by atoms with Gasteiger partial charge in [0.2, 0.25) is 0 Å². The lowest BCUT2D eigenvalue weighted by molar-refractivity contribution is -0.0103. The van der Waals surface area contributed by atoms with Crippen LogP contribution in [0.1, 0.15) is 20.8 Å². The maximum Gasteiger partial charge on any atom is 0.0897 e. The molecule has 0 heterocycles. The number of aliphatic hydroxyl groups is 1. The second-order valence-corrected chi connectivity index (χ2v) is 6.18. The minimum atomic E-state index is -0.815. The predicted molar refractivity (Wildman–Crippen MR) is 74.3 cm³/mol. The summed E-state index contributed by atoms with van der Waals surface area (Å²) in [5.74, 6) is 0.593. The predicted octanol–water partition coefficient (Wildman–Crippen LogP) is 0.146. The van der Waals surface area contributed by atoms with Crippen LogP contribution in [0.25, 0.3) is 0 Å². The topological polar surface area (TPSA) is 67.8 Å². The number of aliphatic hydroxyl groups excluding tert-OH is 1. The third-order valence-corrected chi connectivity index (χ3v) is 3.15. The molecule has 110 valence electrons. The van der Waals surface area contributed by atoms with E-state index in [0.29, 0.717) is 25.5 Å². The van der Waals surface area contributed by atoms with Crippen LogP contribution in [-0.4, -0.2) is 65.9 Å². The van der Waals surface area contributed by atoms with E-state index in [1.807, 2.05) is 20.8 Å². The Morgan fingerprint density at radius 3 is 2.50 bits per heavy atom. The van der Waals surface area contributed by atoms with Crippen molar-refractivity contribution < 1.29 is 18.8 Å². The number of nitrogens with one attached hydrogen (secondary N) is 1. The molecule has 0 aliphatic heterocycles. The molecule has 0 saturated heterocycles. The van der Waals surface area contributed by atoms with Gasteiger partial charge in [-0.3, -0.25) is 4.21 Å². The molecule has 0 rings (SSSR count). The quantitative estimate of drug-likeness (QED) is 0.528. The molecule has 0 aromatic carbocycles. The van der Waals surface area contributed by atoms with E-state index < -0.39 is 16.9 Å². The van der Waals surface area contributed by atoms with Crippen LogP contribution < -0.4 is 5.32 Å². The fourth-order valence-electron chi connectivity index (χ4n) is 1.37. The van der Waals surface area contributed by atoms with Gasteiger partial charge in [0, 0.05) is 35.4 Å². The first kappa shape index (κ1) is 18.0. The van der Waals surface area contributed by atoms with E-state index in [1.165, 1.54) is 0 Å². The summed E-state index contributed by atoms with van der Waals surface area (Å²) in [6, 6.07) is 0.134. The van der Waals surface area contributed by atoms with E-state index in [9.17, 15) is 9.32 Å². The first-order chi connectivity index (χ1) is 8.41. The van der Waals surface area contributed by atoms with Crippen LogP contribution in [0.3, 0.4) is 0 Å². The average molecular weight is 281 g/mol. The lowest BCUT2D eigenvalue weighted by Gasteiger charge is -2.16. The van der Waals surface area contributed by atoms with Crippen LogP contribution in [0.15, 0.2) is 0 Å². The van der Waals surface area contributed by atoms with Crippen LogP contribution in [0.5, 0.6) is 0 Å². The van der Waals surface area contributed by atoms with Crippen molar-refractivity contribution in [3.05, 3.63) is 0 Å². The molecule has 0 radical (unpaired) electrons. The Morgan fingerprint density at radius 1 is 1.28 bits per heavy atom. The fourth-order valence-corrected chi connectivity index (χ4v) is 2.19. The van der Waals surface area contributed by atoms with Crippen LogP contribution in [0.2, 0.25) is 0 Å². The van der Waals surface area contributed by atoms with Gasteiger partial charge < -0.3 is 19.9 Å². The molecule has 0 aliphatic rings. The normalized spacial score (nSPS) is 16.8. The van der Waals surface area contributed by atoms with Crippen LogP contribution in [0, 0.1) is 0 Å². The average Bonchev–Trinajstić information content (AvgIpc) is 2.24. The van der Waals surface area contributed by atoms with Gasteiger partial charge in [-0.15, -0.1) is 0 Å². The molecule has 0 aromatic heterocycles. The Kier molecular flexibility index (Phi) is 10.9. The van der Waals surface area contributed by atoms with Crippen molar-refractivity contribution in [2.75, 3.05) is 38.4 Å². The van der Waals surface area contributed by atoms with Crippen molar-refractivity contribution in [1.29, 1.82) is 0 Å². The van der Waals surface area contributed by atoms with Crippen molar-refractivity contribution >= 4 is 10.8 Å². The largest absolute Gasteiger partial charge is 0.389 e. The van der Waals surface area contributed by atoms with E-state index >= 15 is 0 Å². The smallest absolute Gasteiger partial charge is 0.0897 e. The Hall–Kier alpha value is -0.0100. The molecule has 0 spiro atoms. The zero-order valence-electron chi connectivity index (χ0n) is 11.8. The molecule has 0 aliphatic carbocycles. The van der Waals surface area contributed by atoms with Gasteiger partial charge in [-0.1, -0.05) is 0 Å². The van der Waals surface area contributed by atoms with Gasteiger partial charge in [0.25, 0.3) is 0 Å². The third kappa shape index (κ3) is 12.4. The van der Waals surface area contributed by atoms with Crippen LogP contribution in [0.4, 0.5) is 0 Å². The van der Waals surface area contributed by atoms with Crippen molar-refractivity contribution in [2.45, 2.75) is 39.0 Å². The first-order valence-corrected chi connectivity index (χ1v) is 8.05. The van der Waals surface area contributed by atoms with E-state index in [1.54, 1.807) is 6.26 Å². The van der Waals surface area contributed by atoms with Crippen molar-refractivity contribution in [2.24, 2.45) is 0 Å². The van der Waals surface area contributed by atoms with E-state index in [4.69, 9.17) is 9.47 Å². The van der Waals surface area contributed by atoms with Gasteiger partial charge in [0.15, 0.2) is 0 Å². The molecule has 5 nitrogen and oxygen atoms in total. The molecule has 3 atom stereocenters. The van der Waals surface area contributed by atoms with Gasteiger partial charge in [-0.25, -0.2) is 0 Å². The van der Waals surface area contributed by atoms with Gasteiger partial charge in [-0.2, -0.15) is 0 Å². The summed E-state index contributed by atoms with van der Waals surface area (Å²) in [5.41, 5.74) is 0. The minimum absolute atomic E-state index is 0.134. The van der Waals surface area contributed by atoms with Crippen LogP contribution in [-0.2, 0) is 20.3 Å². The van der Waals surface area contributed by atoms with Gasteiger partial charge in [0.1, 0.15) is 0 Å². The molecular weight excluding hydrogens is 254 g/mol. The summed E-state index contributed by atoms with van der Waals surface area (Å²) in [6.07, 6.45) is 1.33. The molecule has 0 saturated carbocycles. The van der Waals surface area contributed by atoms with Crippen molar-refractivity contribution in [3.8, 4) is 0 Å². The zero-order valence-corrected chi connectivity index (χ0v) is 12.7. The standard InChI is InChI=1S/C12H27NO4S/c1-10(2)17-6-5-16-8-12(14)7-13-11(3)9-18(4)15/h10-14H,5-9H2,1-4H3. The van der Waals surface area contributed by atoms with Gasteiger partial charge >= 0.3 is 0 Å². The molecule has 6 heteroatoms. The molecule has 0 aromatic rings. The Balaban J connectivity index is 3.42. The minimum Gasteiger partial charge on any atom is -0.389 e. The highest BCUT2D eigenvalue weighted by molar-refractivity contribution is 7.84. The Labute approximate surface area is 113 Å². The summed E-state index contributed by atoms with van der Waals surface area (Å²) >= 11 is 0. The lowest BCUT2D eigenvalue weighted by Crippen LogP contribution is -2.38. The maximum atomic E-state index is 11.0. The molecule has 3 unspecified atom stereocenters. The Morgan fingerprint density at radius 2 is 1.94 bits per heavy atom. The summed E-state index contributed by atoms with van der Waals surface area (Å²) in [5, 5.41) is 12.8. The summed E-state index contributed by atoms with van der Waals surface area (Å²) in [7, 11) is -0.815. The summed E-state index contributed by atoms with van der Waals surface area (Å²) in [4.78, 5) is 0. The van der Waals surface area contributed by atoms with E-state index in [-0.39, 0.29) is 18.8 Å². The van der Waals surface area contributed by atoms with Gasteiger partial charge in [0.05, 0.1) is 32.0 Å². The first-order valence-electron chi connectivity index (χ1n) is 6.32. The second kappa shape index (κ2) is 10.9. The van der Waals surface area contributed by atoms with Crippen molar-refractivity contribution in [1.82, 2.24) is 5.32 Å². The fraction of sp³-hybridized carbons (Fsp3) is 1.00. The second-order valence-electron chi connectivity index (χ2n) is 4.70. The van der Waals surface area contributed by atoms with Crippen molar-refractivity contribution in [3.63, 3.8) is 0 Å². The maximum absolute atomic E-state index is 11.0. The SMILES string of the molecule is CC(CS(C)=O)NCC(O)COCCOC(C)C. The van der Waals surface area contributed by atoms with E-state index in [0.717, 1.165) is 0 Å². The zero-order chi connectivity index (χ0) is 14.0. The third-order valence-electron chi connectivity index (χ3n) is 2.18. The molecule has 0 amide bonds. The number of hydrogen-bond acceptors (Lipinski definition) is 5. The molecule has 0 bridgehead atoms. The molecule has 2 N–H and O–H groups in total. The lowest BCUT2D eigenvalue weighted by atomic mass is 10.3. The molecular formula is C12H27NO4S. The Bertz CT molecular complexity index is 226. The number of hydrogen-bond donors (Lipinski definition) is 2. The summed E-state index contributed by atoms with van der Waals surface area (Å²) in [6.45, 7) is 7.66. The number of rotatable bonds is 11. The monoisotopic (exact) mass is 281 g/mol. The molecule has 0 fully saturated rings. The highest BCUT2D eigenvalue weighted by atomic mass is 32.2. The highest BCUT2D eigenvalue weighted by Crippen LogP contribution is 1.91. The highest BCUT2D eigenvalue weighted by Gasteiger charge is 2.08. The van der Waals surface area contributed by atoms with E-state index in [2.05, 4.69) is 5.32 Å². The van der Waals surface area contributed by atoms with Gasteiger partial charge in [-0.05, 0) is 20.8 Å². The molecule has 18 heavy (non-hydrogen) atoms. The summed E-state index contributed by atoms with van der Waals surface area (Å²) < 4.78 is 21.6.